The van der Waals surface area contributed by atoms with E-state index in [-0.39, 0.29) is 30.0 Å². The van der Waals surface area contributed by atoms with Crippen molar-refractivity contribution in [2.75, 3.05) is 26.7 Å². The molecule has 1 aromatic carbocycles. The fourth-order valence-corrected chi connectivity index (χ4v) is 2.85. The van der Waals surface area contributed by atoms with Gasteiger partial charge >= 0.3 is 6.61 Å². The number of carbonyl (C=O) groups is 1. The summed E-state index contributed by atoms with van der Waals surface area (Å²) < 4.78 is 34.9. The predicted octanol–water partition coefficient (Wildman–Crippen LogP) is 1.34. The maximum Gasteiger partial charge on any atom is 0.387 e. The van der Waals surface area contributed by atoms with Gasteiger partial charge in [-0.2, -0.15) is 8.78 Å². The number of primary amides is 1. The molecule has 1 aliphatic heterocycles. The molecule has 134 valence electrons. The Bertz CT molecular complexity index is 549. The van der Waals surface area contributed by atoms with Crippen LogP contribution in [-0.4, -0.2) is 50.2 Å². The minimum atomic E-state index is -2.91. The number of methoxy groups -OCH3 is 1. The number of piperidine rings is 1. The smallest absolute Gasteiger partial charge is 0.387 e. The Morgan fingerprint density at radius 3 is 2.71 bits per heavy atom. The molecule has 0 radical (unpaired) electrons. The molecular weight excluding hydrogens is 320 g/mol. The predicted molar refractivity (Wildman–Crippen MR) is 85.1 cm³/mol. The lowest BCUT2D eigenvalue weighted by atomic mass is 10.0. The highest BCUT2D eigenvalue weighted by molar-refractivity contribution is 5.75. The molecule has 0 aliphatic carbocycles. The number of benzene rings is 1. The zero-order chi connectivity index (χ0) is 17.5. The molecule has 0 bridgehead atoms. The van der Waals surface area contributed by atoms with Crippen molar-refractivity contribution in [3.63, 3.8) is 0 Å². The molecule has 0 aromatic heterocycles. The Morgan fingerprint density at radius 1 is 1.42 bits per heavy atom. The van der Waals surface area contributed by atoms with Gasteiger partial charge in [-0.25, -0.2) is 0 Å². The summed E-state index contributed by atoms with van der Waals surface area (Å²) in [7, 11) is 1.42. The number of hydrogen-bond donors (Lipinski definition) is 2. The number of nitrogens with one attached hydrogen (secondary N) is 1. The molecule has 6 nitrogen and oxygen atoms in total. The topological polar surface area (TPSA) is 76.8 Å². The Kier molecular flexibility index (Phi) is 6.74. The summed E-state index contributed by atoms with van der Waals surface area (Å²) in [6, 6.07) is 5.31. The number of carbonyl (C=O) groups excluding carboxylic acids is 1. The van der Waals surface area contributed by atoms with Gasteiger partial charge in [0.15, 0.2) is 11.5 Å². The van der Waals surface area contributed by atoms with E-state index in [2.05, 4.69) is 10.1 Å². The highest BCUT2D eigenvalue weighted by Gasteiger charge is 2.21. The number of rotatable bonds is 8. The van der Waals surface area contributed by atoms with Gasteiger partial charge in [-0.1, -0.05) is 12.1 Å². The molecule has 1 aromatic rings. The summed E-state index contributed by atoms with van der Waals surface area (Å²) in [6.07, 6.45) is 1.73. The van der Waals surface area contributed by atoms with Crippen molar-refractivity contribution < 1.29 is 23.0 Å². The maximum absolute atomic E-state index is 12.6. The van der Waals surface area contributed by atoms with Gasteiger partial charge in [0.25, 0.3) is 0 Å². The van der Waals surface area contributed by atoms with Gasteiger partial charge in [-0.15, -0.1) is 0 Å². The Morgan fingerprint density at radius 2 is 2.12 bits per heavy atom. The second-order valence-corrected chi connectivity index (χ2v) is 5.72. The molecule has 0 atom stereocenters. The molecule has 3 N–H and O–H groups in total. The van der Waals surface area contributed by atoms with Gasteiger partial charge < -0.3 is 20.5 Å². The first-order valence-electron chi connectivity index (χ1n) is 7.84. The van der Waals surface area contributed by atoms with Crippen molar-refractivity contribution >= 4 is 5.91 Å². The van der Waals surface area contributed by atoms with Gasteiger partial charge in [0.2, 0.25) is 5.91 Å². The van der Waals surface area contributed by atoms with Crippen LogP contribution in [0.25, 0.3) is 0 Å². The second-order valence-electron chi connectivity index (χ2n) is 5.72. The molecule has 1 fully saturated rings. The van der Waals surface area contributed by atoms with Gasteiger partial charge in [0, 0.05) is 31.2 Å². The lowest BCUT2D eigenvalue weighted by Crippen LogP contribution is -2.45. The van der Waals surface area contributed by atoms with E-state index in [1.807, 2.05) is 4.90 Å². The van der Waals surface area contributed by atoms with Crippen molar-refractivity contribution in [1.29, 1.82) is 0 Å². The zero-order valence-electron chi connectivity index (χ0n) is 13.6. The van der Waals surface area contributed by atoms with E-state index in [4.69, 9.17) is 10.5 Å². The van der Waals surface area contributed by atoms with Crippen LogP contribution in [0.3, 0.4) is 0 Å². The third kappa shape index (κ3) is 5.31. The van der Waals surface area contributed by atoms with Crippen LogP contribution in [0, 0.1) is 0 Å². The summed E-state index contributed by atoms with van der Waals surface area (Å²) in [5.41, 5.74) is 5.81. The fraction of sp³-hybridized carbons (Fsp3) is 0.562. The maximum atomic E-state index is 12.6. The molecule has 0 unspecified atom stereocenters. The monoisotopic (exact) mass is 343 g/mol. The van der Waals surface area contributed by atoms with Gasteiger partial charge in [0.1, 0.15) is 0 Å². The van der Waals surface area contributed by atoms with E-state index in [1.165, 1.54) is 7.11 Å². The molecular formula is C16H23F2N3O3. The molecule has 1 saturated heterocycles. The number of halogens is 2. The Balaban J connectivity index is 1.91. The summed E-state index contributed by atoms with van der Waals surface area (Å²) >= 11 is 0. The standard InChI is InChI=1S/C16H23F2N3O3/c1-23-13-4-2-3-11(15(13)24-16(17)18)9-20-12-5-7-21(8-6-12)10-14(19)22/h2-4,12,16,20H,5-10H2,1H3,(H2,19,22). The third-order valence-electron chi connectivity index (χ3n) is 4.04. The number of likely N-dealkylation sites (tertiary alicyclic amines) is 1. The number of nitrogens with zero attached hydrogens (tertiary/aromatic N) is 1. The number of amides is 1. The van der Waals surface area contributed by atoms with Gasteiger partial charge in [-0.05, 0) is 18.9 Å². The summed E-state index contributed by atoms with van der Waals surface area (Å²) in [6.45, 7) is -0.676. The highest BCUT2D eigenvalue weighted by Crippen LogP contribution is 2.32. The lowest BCUT2D eigenvalue weighted by molar-refractivity contribution is -0.119. The van der Waals surface area contributed by atoms with Crippen molar-refractivity contribution in [2.24, 2.45) is 5.73 Å². The molecule has 0 spiro atoms. The van der Waals surface area contributed by atoms with E-state index in [0.717, 1.165) is 25.9 Å². The van der Waals surface area contributed by atoms with Crippen molar-refractivity contribution in [3.8, 4) is 11.5 Å². The largest absolute Gasteiger partial charge is 0.493 e. The first-order chi connectivity index (χ1) is 11.5. The lowest BCUT2D eigenvalue weighted by Gasteiger charge is -2.31. The third-order valence-corrected chi connectivity index (χ3v) is 4.04. The van der Waals surface area contributed by atoms with Crippen molar-refractivity contribution in [1.82, 2.24) is 10.2 Å². The van der Waals surface area contributed by atoms with Crippen LogP contribution < -0.4 is 20.5 Å². The van der Waals surface area contributed by atoms with E-state index in [0.29, 0.717) is 12.1 Å². The van der Waals surface area contributed by atoms with Crippen LogP contribution in [0.1, 0.15) is 18.4 Å². The average molecular weight is 343 g/mol. The Hall–Kier alpha value is -1.93. The number of para-hydroxylation sites is 1. The van der Waals surface area contributed by atoms with Crippen LogP contribution in [-0.2, 0) is 11.3 Å². The van der Waals surface area contributed by atoms with E-state index in [1.54, 1.807) is 18.2 Å². The number of alkyl halides is 2. The fourth-order valence-electron chi connectivity index (χ4n) is 2.85. The van der Waals surface area contributed by atoms with E-state index >= 15 is 0 Å². The SMILES string of the molecule is COc1cccc(CNC2CCN(CC(N)=O)CC2)c1OC(F)F. The quantitative estimate of drug-likeness (QED) is 0.745. The van der Waals surface area contributed by atoms with Crippen molar-refractivity contribution in [2.45, 2.75) is 32.0 Å². The summed E-state index contributed by atoms with van der Waals surface area (Å²) in [5.74, 6) is 0.0196. The number of hydrogen-bond acceptors (Lipinski definition) is 5. The zero-order valence-corrected chi connectivity index (χ0v) is 13.6. The van der Waals surface area contributed by atoms with Crippen LogP contribution >= 0.6 is 0 Å². The number of ether oxygens (including phenoxy) is 2. The summed E-state index contributed by atoms with van der Waals surface area (Å²) in [4.78, 5) is 12.9. The van der Waals surface area contributed by atoms with Crippen LogP contribution in [0.4, 0.5) is 8.78 Å². The molecule has 8 heteroatoms. The molecule has 1 aliphatic rings. The van der Waals surface area contributed by atoms with Gasteiger partial charge in [0.05, 0.1) is 13.7 Å². The molecule has 24 heavy (non-hydrogen) atoms. The minimum Gasteiger partial charge on any atom is -0.493 e. The second kappa shape index (κ2) is 8.79. The molecule has 2 rings (SSSR count). The first kappa shape index (κ1) is 18.4. The normalized spacial score (nSPS) is 16.3. The minimum absolute atomic E-state index is 0.0636. The van der Waals surface area contributed by atoms with E-state index < -0.39 is 6.61 Å². The van der Waals surface area contributed by atoms with E-state index in [9.17, 15) is 13.6 Å². The van der Waals surface area contributed by atoms with Crippen molar-refractivity contribution in [3.05, 3.63) is 23.8 Å². The van der Waals surface area contributed by atoms with Crippen LogP contribution in [0.2, 0.25) is 0 Å². The molecule has 0 saturated carbocycles. The Labute approximate surface area is 139 Å². The molecule has 1 heterocycles. The number of nitrogens with two attached hydrogens (primary N) is 1. The van der Waals surface area contributed by atoms with Crippen LogP contribution in [0.15, 0.2) is 18.2 Å². The van der Waals surface area contributed by atoms with Gasteiger partial charge in [-0.3, -0.25) is 9.69 Å². The van der Waals surface area contributed by atoms with Crippen LogP contribution in [0.5, 0.6) is 11.5 Å². The molecule has 1 amide bonds. The average Bonchev–Trinajstić information content (AvgIpc) is 2.54. The first-order valence-corrected chi connectivity index (χ1v) is 7.84. The highest BCUT2D eigenvalue weighted by atomic mass is 19.3. The summed E-state index contributed by atoms with van der Waals surface area (Å²) in [5, 5.41) is 3.35.